The first-order valence-electron chi connectivity index (χ1n) is 6.43. The molecule has 106 valence electrons. The molecule has 0 fully saturated rings. The summed E-state index contributed by atoms with van der Waals surface area (Å²) in [5, 5.41) is 0. The highest BCUT2D eigenvalue weighted by atomic mass is 79.9. The molecular formula is C16H18BrFN2. The molecule has 2 aromatic carbocycles. The van der Waals surface area contributed by atoms with Gasteiger partial charge in [0.25, 0.3) is 0 Å². The Morgan fingerprint density at radius 3 is 2.30 bits per heavy atom. The van der Waals surface area contributed by atoms with Crippen LogP contribution in [0.3, 0.4) is 0 Å². The lowest BCUT2D eigenvalue weighted by atomic mass is 9.92. The molecule has 2 nitrogen and oxygen atoms in total. The lowest BCUT2D eigenvalue weighted by molar-refractivity contribution is 0.599. The molecule has 0 saturated heterocycles. The zero-order valence-corrected chi connectivity index (χ0v) is 13.4. The van der Waals surface area contributed by atoms with Crippen molar-refractivity contribution in [2.24, 2.45) is 5.84 Å². The lowest BCUT2D eigenvalue weighted by Gasteiger charge is -2.21. The summed E-state index contributed by atoms with van der Waals surface area (Å²) in [6.07, 6.45) is 0. The zero-order valence-electron chi connectivity index (χ0n) is 11.8. The molecule has 20 heavy (non-hydrogen) atoms. The third-order valence-electron chi connectivity index (χ3n) is 3.64. The van der Waals surface area contributed by atoms with Gasteiger partial charge in [0.05, 0.1) is 10.5 Å². The number of nitrogens with one attached hydrogen (secondary N) is 1. The maximum Gasteiger partial charge on any atom is 0.137 e. The molecule has 0 heterocycles. The molecule has 2 rings (SSSR count). The number of benzene rings is 2. The van der Waals surface area contributed by atoms with E-state index in [1.807, 2.05) is 13.0 Å². The number of rotatable bonds is 3. The summed E-state index contributed by atoms with van der Waals surface area (Å²) in [5.74, 6) is 5.41. The van der Waals surface area contributed by atoms with E-state index >= 15 is 0 Å². The van der Waals surface area contributed by atoms with Crippen LogP contribution in [0.1, 0.15) is 33.9 Å². The van der Waals surface area contributed by atoms with Crippen LogP contribution >= 0.6 is 15.9 Å². The molecule has 0 bridgehead atoms. The number of hydrogen-bond donors (Lipinski definition) is 2. The smallest absolute Gasteiger partial charge is 0.137 e. The van der Waals surface area contributed by atoms with Crippen LogP contribution in [0.5, 0.6) is 0 Å². The Morgan fingerprint density at radius 1 is 1.05 bits per heavy atom. The fraction of sp³-hybridized carbons (Fsp3) is 0.250. The van der Waals surface area contributed by atoms with E-state index in [1.165, 1.54) is 17.2 Å². The van der Waals surface area contributed by atoms with Crippen LogP contribution < -0.4 is 11.3 Å². The topological polar surface area (TPSA) is 38.0 Å². The van der Waals surface area contributed by atoms with Crippen molar-refractivity contribution >= 4 is 15.9 Å². The number of aryl methyl sites for hydroxylation is 3. The molecule has 3 N–H and O–H groups in total. The Morgan fingerprint density at radius 2 is 1.70 bits per heavy atom. The molecule has 4 heteroatoms. The van der Waals surface area contributed by atoms with Crippen LogP contribution in [0.25, 0.3) is 0 Å². The highest BCUT2D eigenvalue weighted by Crippen LogP contribution is 2.28. The fourth-order valence-electron chi connectivity index (χ4n) is 2.35. The van der Waals surface area contributed by atoms with Gasteiger partial charge >= 0.3 is 0 Å². The van der Waals surface area contributed by atoms with Gasteiger partial charge in [-0.15, -0.1) is 0 Å². The van der Waals surface area contributed by atoms with Crippen LogP contribution in [0.4, 0.5) is 4.39 Å². The highest BCUT2D eigenvalue weighted by Gasteiger charge is 2.17. The van der Waals surface area contributed by atoms with Crippen molar-refractivity contribution in [1.82, 2.24) is 5.43 Å². The fourth-order valence-corrected chi connectivity index (χ4v) is 2.60. The summed E-state index contributed by atoms with van der Waals surface area (Å²) in [7, 11) is 0. The monoisotopic (exact) mass is 336 g/mol. The third kappa shape index (κ3) is 2.92. The van der Waals surface area contributed by atoms with Crippen LogP contribution in [0.15, 0.2) is 34.8 Å². The Balaban J connectivity index is 2.52. The molecule has 2 aromatic rings. The van der Waals surface area contributed by atoms with Crippen molar-refractivity contribution in [2.75, 3.05) is 0 Å². The van der Waals surface area contributed by atoms with Crippen LogP contribution in [-0.4, -0.2) is 0 Å². The quantitative estimate of drug-likeness (QED) is 0.655. The van der Waals surface area contributed by atoms with Gasteiger partial charge in [-0.1, -0.05) is 18.2 Å². The third-order valence-corrected chi connectivity index (χ3v) is 4.28. The maximum atomic E-state index is 13.7. The van der Waals surface area contributed by atoms with Crippen molar-refractivity contribution in [2.45, 2.75) is 26.8 Å². The van der Waals surface area contributed by atoms with E-state index in [1.54, 1.807) is 6.07 Å². The Kier molecular flexibility index (Phi) is 4.58. The average molecular weight is 337 g/mol. The molecule has 1 atom stereocenters. The Labute approximate surface area is 127 Å². The van der Waals surface area contributed by atoms with Gasteiger partial charge in [-0.05, 0) is 76.7 Å². The van der Waals surface area contributed by atoms with Gasteiger partial charge in [-0.2, -0.15) is 0 Å². The van der Waals surface area contributed by atoms with Crippen LogP contribution in [-0.2, 0) is 0 Å². The molecule has 0 amide bonds. The van der Waals surface area contributed by atoms with E-state index < -0.39 is 0 Å². The van der Waals surface area contributed by atoms with Gasteiger partial charge < -0.3 is 0 Å². The number of nitrogens with two attached hydrogens (primary N) is 1. The first kappa shape index (κ1) is 15.2. The molecule has 0 saturated carbocycles. The summed E-state index contributed by atoms with van der Waals surface area (Å²) in [6.45, 7) is 6.19. The molecule has 0 aromatic heterocycles. The van der Waals surface area contributed by atoms with Crippen molar-refractivity contribution in [1.29, 1.82) is 0 Å². The van der Waals surface area contributed by atoms with E-state index in [9.17, 15) is 4.39 Å². The summed E-state index contributed by atoms with van der Waals surface area (Å²) in [5.41, 5.74) is 8.23. The van der Waals surface area contributed by atoms with E-state index in [0.29, 0.717) is 4.47 Å². The van der Waals surface area contributed by atoms with Gasteiger partial charge in [-0.3, -0.25) is 5.84 Å². The van der Waals surface area contributed by atoms with Gasteiger partial charge in [-0.25, -0.2) is 9.82 Å². The zero-order chi connectivity index (χ0) is 14.9. The van der Waals surface area contributed by atoms with Crippen molar-refractivity contribution in [3.63, 3.8) is 0 Å². The molecule has 0 aliphatic carbocycles. The number of hydrazine groups is 1. The van der Waals surface area contributed by atoms with Crippen molar-refractivity contribution in [3.05, 3.63) is 68.4 Å². The van der Waals surface area contributed by atoms with Crippen LogP contribution in [0, 0.1) is 26.6 Å². The minimum Gasteiger partial charge on any atom is -0.271 e. The first-order chi connectivity index (χ1) is 9.43. The summed E-state index contributed by atoms with van der Waals surface area (Å²) in [6, 6.07) is 9.08. The van der Waals surface area contributed by atoms with Gasteiger partial charge in [0.1, 0.15) is 5.82 Å². The number of hydrogen-bond acceptors (Lipinski definition) is 2. The van der Waals surface area contributed by atoms with Crippen molar-refractivity contribution in [3.8, 4) is 0 Å². The minimum atomic E-state index is -0.288. The normalized spacial score (nSPS) is 12.5. The predicted octanol–water partition coefficient (Wildman–Crippen LogP) is 4.07. The van der Waals surface area contributed by atoms with Gasteiger partial charge in [0.15, 0.2) is 0 Å². The predicted molar refractivity (Wildman–Crippen MR) is 83.9 cm³/mol. The van der Waals surface area contributed by atoms with E-state index in [-0.39, 0.29) is 11.9 Å². The average Bonchev–Trinajstić information content (AvgIpc) is 2.40. The second-order valence-electron chi connectivity index (χ2n) is 5.07. The van der Waals surface area contributed by atoms with Gasteiger partial charge in [0, 0.05) is 0 Å². The standard InChI is InChI=1S/C16H18BrFN2/c1-9-6-11(3)13(7-10(9)2)16(20-19)12-4-5-14(17)15(18)8-12/h4-8,16,20H,19H2,1-3H3. The second kappa shape index (κ2) is 6.04. The van der Waals surface area contributed by atoms with Gasteiger partial charge in [0.2, 0.25) is 0 Å². The molecule has 0 aliphatic heterocycles. The molecule has 0 aliphatic rings. The molecular weight excluding hydrogens is 319 g/mol. The van der Waals surface area contributed by atoms with E-state index in [2.05, 4.69) is 47.3 Å². The SMILES string of the molecule is Cc1cc(C)c(C(NN)c2ccc(Br)c(F)c2)cc1C. The molecule has 0 radical (unpaired) electrons. The molecule has 0 spiro atoms. The number of halogens is 2. The van der Waals surface area contributed by atoms with Crippen LogP contribution in [0.2, 0.25) is 0 Å². The maximum absolute atomic E-state index is 13.7. The highest BCUT2D eigenvalue weighted by molar-refractivity contribution is 9.10. The summed E-state index contributed by atoms with van der Waals surface area (Å²) in [4.78, 5) is 0. The second-order valence-corrected chi connectivity index (χ2v) is 5.92. The largest absolute Gasteiger partial charge is 0.271 e. The van der Waals surface area contributed by atoms with Crippen molar-refractivity contribution < 1.29 is 4.39 Å². The Bertz CT molecular complexity index is 641. The summed E-state index contributed by atoms with van der Waals surface area (Å²) >= 11 is 3.17. The summed E-state index contributed by atoms with van der Waals surface area (Å²) < 4.78 is 14.2. The Hall–Kier alpha value is -1.23. The molecule has 1 unspecified atom stereocenters. The van der Waals surface area contributed by atoms with E-state index in [4.69, 9.17) is 5.84 Å². The van der Waals surface area contributed by atoms with E-state index in [0.717, 1.165) is 16.7 Å². The lowest BCUT2D eigenvalue weighted by Crippen LogP contribution is -2.29. The first-order valence-corrected chi connectivity index (χ1v) is 7.22. The minimum absolute atomic E-state index is 0.225.